The fourth-order valence-electron chi connectivity index (χ4n) is 2.87. The summed E-state index contributed by atoms with van der Waals surface area (Å²) < 4.78 is 0. The Balaban J connectivity index is 1.99. The van der Waals surface area contributed by atoms with E-state index in [1.807, 2.05) is 0 Å². The molecule has 2 aliphatic rings. The summed E-state index contributed by atoms with van der Waals surface area (Å²) in [6.45, 7) is 6.04. The third-order valence-corrected chi connectivity index (χ3v) is 3.68. The number of likely N-dealkylation sites (tertiary alicyclic amines) is 1. The van der Waals surface area contributed by atoms with E-state index in [1.165, 1.54) is 38.9 Å². The minimum Gasteiger partial charge on any atom is -0.327 e. The zero-order valence-electron chi connectivity index (χ0n) is 8.00. The first-order valence-electron chi connectivity index (χ1n) is 5.29. The second kappa shape index (κ2) is 3.35. The van der Waals surface area contributed by atoms with Crippen molar-refractivity contribution in [3.63, 3.8) is 0 Å². The van der Waals surface area contributed by atoms with Gasteiger partial charge in [0.25, 0.3) is 0 Å². The summed E-state index contributed by atoms with van der Waals surface area (Å²) in [5.41, 5.74) is 6.11. The summed E-state index contributed by atoms with van der Waals surface area (Å²) in [5.74, 6) is 1.74. The van der Waals surface area contributed by atoms with Gasteiger partial charge >= 0.3 is 0 Å². The van der Waals surface area contributed by atoms with Crippen molar-refractivity contribution >= 4 is 0 Å². The number of hydrogen-bond acceptors (Lipinski definition) is 2. The SMILES string of the molecule is CCN1C[C@H]2CCC[C@@H](N)[C@H]2C1. The van der Waals surface area contributed by atoms with Crippen molar-refractivity contribution in [3.05, 3.63) is 0 Å². The molecule has 1 saturated carbocycles. The van der Waals surface area contributed by atoms with Crippen molar-refractivity contribution in [1.82, 2.24) is 4.90 Å². The third kappa shape index (κ3) is 1.38. The van der Waals surface area contributed by atoms with E-state index < -0.39 is 0 Å². The minimum absolute atomic E-state index is 0.500. The Morgan fingerprint density at radius 1 is 1.33 bits per heavy atom. The van der Waals surface area contributed by atoms with E-state index in [2.05, 4.69) is 11.8 Å². The minimum atomic E-state index is 0.500. The van der Waals surface area contributed by atoms with Gasteiger partial charge in [0, 0.05) is 19.1 Å². The van der Waals surface area contributed by atoms with E-state index in [9.17, 15) is 0 Å². The first-order valence-corrected chi connectivity index (χ1v) is 5.29. The molecule has 2 nitrogen and oxygen atoms in total. The molecular formula is C10H20N2. The Bertz CT molecular complexity index is 158. The zero-order chi connectivity index (χ0) is 8.55. The molecule has 12 heavy (non-hydrogen) atoms. The van der Waals surface area contributed by atoms with Crippen LogP contribution in [0.1, 0.15) is 26.2 Å². The summed E-state index contributed by atoms with van der Waals surface area (Å²) in [5, 5.41) is 0. The molecule has 2 heteroatoms. The Kier molecular flexibility index (Phi) is 2.37. The Morgan fingerprint density at radius 3 is 2.83 bits per heavy atom. The van der Waals surface area contributed by atoms with Crippen molar-refractivity contribution in [2.75, 3.05) is 19.6 Å². The van der Waals surface area contributed by atoms with Gasteiger partial charge in [0.15, 0.2) is 0 Å². The molecule has 0 radical (unpaired) electrons. The highest BCUT2D eigenvalue weighted by atomic mass is 15.2. The van der Waals surface area contributed by atoms with Crippen LogP contribution in [0.2, 0.25) is 0 Å². The summed E-state index contributed by atoms with van der Waals surface area (Å²) in [7, 11) is 0. The number of rotatable bonds is 1. The smallest absolute Gasteiger partial charge is 0.00825 e. The van der Waals surface area contributed by atoms with Crippen LogP contribution in [0.5, 0.6) is 0 Å². The molecule has 0 aromatic carbocycles. The molecule has 0 spiro atoms. The summed E-state index contributed by atoms with van der Waals surface area (Å²) >= 11 is 0. The highest BCUT2D eigenvalue weighted by Gasteiger charge is 2.37. The molecule has 1 aliphatic heterocycles. The van der Waals surface area contributed by atoms with Gasteiger partial charge in [-0.15, -0.1) is 0 Å². The lowest BCUT2D eigenvalue weighted by Gasteiger charge is -2.29. The molecule has 1 heterocycles. The molecule has 0 aromatic heterocycles. The van der Waals surface area contributed by atoms with E-state index in [-0.39, 0.29) is 0 Å². The summed E-state index contributed by atoms with van der Waals surface area (Å²) in [6.07, 6.45) is 4.05. The van der Waals surface area contributed by atoms with E-state index in [4.69, 9.17) is 5.73 Å². The van der Waals surface area contributed by atoms with Crippen LogP contribution in [-0.2, 0) is 0 Å². The van der Waals surface area contributed by atoms with Crippen molar-refractivity contribution in [2.45, 2.75) is 32.2 Å². The number of hydrogen-bond donors (Lipinski definition) is 1. The number of nitrogens with two attached hydrogens (primary N) is 1. The van der Waals surface area contributed by atoms with Crippen molar-refractivity contribution < 1.29 is 0 Å². The van der Waals surface area contributed by atoms with Crippen LogP contribution in [0.4, 0.5) is 0 Å². The van der Waals surface area contributed by atoms with E-state index in [1.54, 1.807) is 0 Å². The molecule has 1 aliphatic carbocycles. The lowest BCUT2D eigenvalue weighted by Crippen LogP contribution is -2.38. The molecule has 2 fully saturated rings. The van der Waals surface area contributed by atoms with Gasteiger partial charge < -0.3 is 10.6 Å². The first kappa shape index (κ1) is 8.52. The molecular weight excluding hydrogens is 148 g/mol. The monoisotopic (exact) mass is 168 g/mol. The predicted octanol–water partition coefficient (Wildman–Crippen LogP) is 1.07. The normalized spacial score (nSPS) is 43.0. The Morgan fingerprint density at radius 2 is 2.17 bits per heavy atom. The second-order valence-corrected chi connectivity index (χ2v) is 4.37. The summed E-state index contributed by atoms with van der Waals surface area (Å²) in [4.78, 5) is 2.56. The van der Waals surface area contributed by atoms with Crippen LogP contribution < -0.4 is 5.73 Å². The van der Waals surface area contributed by atoms with Crippen LogP contribution in [0.25, 0.3) is 0 Å². The van der Waals surface area contributed by atoms with Gasteiger partial charge in [0.05, 0.1) is 0 Å². The van der Waals surface area contributed by atoms with Crippen molar-refractivity contribution in [2.24, 2.45) is 17.6 Å². The zero-order valence-corrected chi connectivity index (χ0v) is 8.00. The maximum atomic E-state index is 6.11. The van der Waals surface area contributed by atoms with Crippen LogP contribution in [-0.4, -0.2) is 30.6 Å². The quantitative estimate of drug-likeness (QED) is 0.634. The van der Waals surface area contributed by atoms with Gasteiger partial charge in [0.1, 0.15) is 0 Å². The molecule has 2 rings (SSSR count). The van der Waals surface area contributed by atoms with Crippen molar-refractivity contribution in [1.29, 1.82) is 0 Å². The van der Waals surface area contributed by atoms with E-state index >= 15 is 0 Å². The molecule has 0 bridgehead atoms. The predicted molar refractivity (Wildman–Crippen MR) is 50.9 cm³/mol. The van der Waals surface area contributed by atoms with Gasteiger partial charge in [0.2, 0.25) is 0 Å². The number of fused-ring (bicyclic) bond motifs is 1. The fraction of sp³-hybridized carbons (Fsp3) is 1.00. The van der Waals surface area contributed by atoms with Crippen LogP contribution in [0.3, 0.4) is 0 Å². The van der Waals surface area contributed by atoms with Gasteiger partial charge in [-0.05, 0) is 31.2 Å². The lowest BCUT2D eigenvalue weighted by atomic mass is 9.78. The van der Waals surface area contributed by atoms with Crippen LogP contribution in [0.15, 0.2) is 0 Å². The topological polar surface area (TPSA) is 29.3 Å². The third-order valence-electron chi connectivity index (χ3n) is 3.68. The maximum Gasteiger partial charge on any atom is 0.00825 e. The lowest BCUT2D eigenvalue weighted by molar-refractivity contribution is 0.259. The molecule has 2 N–H and O–H groups in total. The Hall–Kier alpha value is -0.0800. The molecule has 0 amide bonds. The highest BCUT2D eigenvalue weighted by molar-refractivity contribution is 4.92. The molecule has 3 atom stereocenters. The van der Waals surface area contributed by atoms with Crippen molar-refractivity contribution in [3.8, 4) is 0 Å². The van der Waals surface area contributed by atoms with Crippen LogP contribution >= 0.6 is 0 Å². The van der Waals surface area contributed by atoms with Gasteiger partial charge in [-0.25, -0.2) is 0 Å². The highest BCUT2D eigenvalue weighted by Crippen LogP contribution is 2.35. The average molecular weight is 168 g/mol. The van der Waals surface area contributed by atoms with Gasteiger partial charge in [-0.2, -0.15) is 0 Å². The average Bonchev–Trinajstić information content (AvgIpc) is 2.49. The largest absolute Gasteiger partial charge is 0.327 e. The maximum absolute atomic E-state index is 6.11. The molecule has 1 saturated heterocycles. The summed E-state index contributed by atoms with van der Waals surface area (Å²) in [6, 6.07) is 0.500. The van der Waals surface area contributed by atoms with Gasteiger partial charge in [-0.3, -0.25) is 0 Å². The molecule has 70 valence electrons. The second-order valence-electron chi connectivity index (χ2n) is 4.37. The number of nitrogens with zero attached hydrogens (tertiary/aromatic N) is 1. The van der Waals surface area contributed by atoms with E-state index in [0.717, 1.165) is 11.8 Å². The fourth-order valence-corrected chi connectivity index (χ4v) is 2.87. The first-order chi connectivity index (χ1) is 5.81. The standard InChI is InChI=1S/C10H20N2/c1-2-12-6-8-4-3-5-10(11)9(8)7-12/h8-10H,2-7,11H2,1H3/t8-,9+,10-/m1/s1. The van der Waals surface area contributed by atoms with Crippen LogP contribution in [0, 0.1) is 11.8 Å². The van der Waals surface area contributed by atoms with E-state index in [0.29, 0.717) is 6.04 Å². The molecule has 0 unspecified atom stereocenters. The Labute approximate surface area is 75.1 Å². The van der Waals surface area contributed by atoms with Gasteiger partial charge in [-0.1, -0.05) is 13.3 Å². The molecule has 0 aromatic rings.